The highest BCUT2D eigenvalue weighted by Gasteiger charge is 2.33. The molecule has 0 bridgehead atoms. The fourth-order valence-electron chi connectivity index (χ4n) is 2.94. The zero-order chi connectivity index (χ0) is 19.7. The molecule has 1 aromatic heterocycles. The number of rotatable bonds is 10. The molecule has 0 spiro atoms. The molecule has 9 heteroatoms. The van der Waals surface area contributed by atoms with Crippen molar-refractivity contribution in [3.63, 3.8) is 0 Å². The molecule has 1 aromatic rings. The Morgan fingerprint density at radius 1 is 1.33 bits per heavy atom. The lowest BCUT2D eigenvalue weighted by molar-refractivity contribution is -0.126. The van der Waals surface area contributed by atoms with Crippen molar-refractivity contribution in [2.24, 2.45) is 5.92 Å². The van der Waals surface area contributed by atoms with Crippen molar-refractivity contribution in [3.8, 4) is 0 Å². The molecule has 1 fully saturated rings. The molecule has 7 nitrogen and oxygen atoms in total. The Kier molecular flexibility index (Phi) is 8.95. The van der Waals surface area contributed by atoms with E-state index in [4.69, 9.17) is 16.3 Å². The minimum atomic E-state index is -3.68. The van der Waals surface area contributed by atoms with E-state index in [1.165, 1.54) is 16.6 Å². The molecule has 1 aliphatic rings. The Hall–Kier alpha value is -1.22. The molecule has 0 saturated carbocycles. The maximum absolute atomic E-state index is 12.7. The van der Waals surface area contributed by atoms with Gasteiger partial charge in [0.15, 0.2) is 0 Å². The number of pyridine rings is 1. The Balaban J connectivity index is 1.75. The van der Waals surface area contributed by atoms with Crippen LogP contribution >= 0.6 is 11.6 Å². The number of ether oxygens (including phenoxy) is 1. The summed E-state index contributed by atoms with van der Waals surface area (Å²) in [6.45, 7) is 4.69. The number of carbonyl (C=O) groups excluding carboxylic acids is 1. The van der Waals surface area contributed by atoms with E-state index in [0.29, 0.717) is 39.1 Å². The normalized spacial score (nSPS) is 16.4. The molecule has 0 aliphatic carbocycles. The van der Waals surface area contributed by atoms with Gasteiger partial charge in [-0.1, -0.05) is 24.9 Å². The van der Waals surface area contributed by atoms with Gasteiger partial charge in [-0.05, 0) is 37.8 Å². The molecule has 0 radical (unpaired) electrons. The van der Waals surface area contributed by atoms with E-state index in [9.17, 15) is 13.2 Å². The molecule has 1 amide bonds. The maximum atomic E-state index is 12.7. The van der Waals surface area contributed by atoms with Crippen LogP contribution in [0.2, 0.25) is 5.15 Å². The fourth-order valence-corrected chi connectivity index (χ4v) is 4.84. The zero-order valence-corrected chi connectivity index (χ0v) is 17.3. The summed E-state index contributed by atoms with van der Waals surface area (Å²) in [5.41, 5.74) is 0. The molecule has 2 rings (SSSR count). The summed E-state index contributed by atoms with van der Waals surface area (Å²) in [7, 11) is -3.68. The minimum absolute atomic E-state index is 0.0117. The predicted molar refractivity (Wildman–Crippen MR) is 104 cm³/mol. The molecule has 1 saturated heterocycles. The number of hydrogen-bond donors (Lipinski definition) is 1. The van der Waals surface area contributed by atoms with Crippen LogP contribution < -0.4 is 5.32 Å². The van der Waals surface area contributed by atoms with Crippen LogP contribution in [0.3, 0.4) is 0 Å². The van der Waals surface area contributed by atoms with Gasteiger partial charge < -0.3 is 10.1 Å². The summed E-state index contributed by atoms with van der Waals surface area (Å²) in [6, 6.07) is 3.00. The van der Waals surface area contributed by atoms with Gasteiger partial charge in [0.2, 0.25) is 15.9 Å². The van der Waals surface area contributed by atoms with Crippen LogP contribution in [0.15, 0.2) is 23.2 Å². The molecule has 152 valence electrons. The topological polar surface area (TPSA) is 88.6 Å². The number of nitrogens with zero attached hydrogens (tertiary/aromatic N) is 2. The van der Waals surface area contributed by atoms with Crippen LogP contribution in [-0.4, -0.2) is 56.5 Å². The van der Waals surface area contributed by atoms with Gasteiger partial charge in [0.25, 0.3) is 0 Å². The first-order valence-corrected chi connectivity index (χ1v) is 11.2. The highest BCUT2D eigenvalue weighted by molar-refractivity contribution is 7.89. The van der Waals surface area contributed by atoms with E-state index in [2.05, 4.69) is 17.2 Å². The third-order valence-corrected chi connectivity index (χ3v) is 6.92. The van der Waals surface area contributed by atoms with E-state index in [1.807, 2.05) is 0 Å². The van der Waals surface area contributed by atoms with E-state index < -0.39 is 10.0 Å². The quantitative estimate of drug-likeness (QED) is 0.466. The summed E-state index contributed by atoms with van der Waals surface area (Å²) < 4.78 is 32.2. The smallest absolute Gasteiger partial charge is 0.246 e. The molecule has 0 atom stereocenters. The van der Waals surface area contributed by atoms with Crippen molar-refractivity contribution >= 4 is 27.5 Å². The number of hydrogen-bond acceptors (Lipinski definition) is 5. The first-order valence-electron chi connectivity index (χ1n) is 9.43. The fraction of sp³-hybridized carbons (Fsp3) is 0.667. The summed E-state index contributed by atoms with van der Waals surface area (Å²) in [5, 5.41) is 2.89. The number of unbranched alkanes of at least 4 members (excludes halogenated alkanes) is 1. The van der Waals surface area contributed by atoms with E-state index >= 15 is 0 Å². The molecule has 1 aliphatic heterocycles. The molecule has 0 aromatic carbocycles. The average Bonchev–Trinajstić information content (AvgIpc) is 2.67. The summed E-state index contributed by atoms with van der Waals surface area (Å²) in [6.07, 6.45) is 5.39. The number of sulfonamides is 1. The molecule has 2 heterocycles. The Morgan fingerprint density at radius 2 is 2.04 bits per heavy atom. The number of nitrogens with one attached hydrogen (secondary N) is 1. The Bertz CT molecular complexity index is 706. The zero-order valence-electron chi connectivity index (χ0n) is 15.7. The van der Waals surface area contributed by atoms with Crippen molar-refractivity contribution in [2.45, 2.75) is 43.9 Å². The van der Waals surface area contributed by atoms with Gasteiger partial charge in [-0.15, -0.1) is 0 Å². The Morgan fingerprint density at radius 3 is 2.70 bits per heavy atom. The van der Waals surface area contributed by atoms with Crippen molar-refractivity contribution in [3.05, 3.63) is 23.5 Å². The SMILES string of the molecule is CCCCOCCCNC(=O)C1CCN(S(=O)(=O)c2cccnc2Cl)CC1. The summed E-state index contributed by atoms with van der Waals surface area (Å²) >= 11 is 5.93. The summed E-state index contributed by atoms with van der Waals surface area (Å²) in [4.78, 5) is 16.1. The third kappa shape index (κ3) is 6.41. The largest absolute Gasteiger partial charge is 0.381 e. The monoisotopic (exact) mass is 417 g/mol. The standard InChI is InChI=1S/C18H28ClN3O4S/c1-2-3-13-26-14-5-10-21-18(23)15-7-11-22(12-8-15)27(24,25)16-6-4-9-20-17(16)19/h4,6,9,15H,2-3,5,7-8,10-14H2,1H3,(H,21,23). The van der Waals surface area contributed by atoms with Crippen LogP contribution in [0, 0.1) is 5.92 Å². The average molecular weight is 418 g/mol. The van der Waals surface area contributed by atoms with Crippen LogP contribution in [0.5, 0.6) is 0 Å². The summed E-state index contributed by atoms with van der Waals surface area (Å²) in [5.74, 6) is -0.179. The number of halogens is 1. The van der Waals surface area contributed by atoms with Gasteiger partial charge in [0.05, 0.1) is 0 Å². The maximum Gasteiger partial charge on any atom is 0.246 e. The van der Waals surface area contributed by atoms with Crippen molar-refractivity contribution in [1.82, 2.24) is 14.6 Å². The van der Waals surface area contributed by atoms with E-state index in [-0.39, 0.29) is 21.9 Å². The van der Waals surface area contributed by atoms with Gasteiger partial charge in [-0.3, -0.25) is 4.79 Å². The second-order valence-electron chi connectivity index (χ2n) is 6.58. The minimum Gasteiger partial charge on any atom is -0.381 e. The van der Waals surface area contributed by atoms with Crippen molar-refractivity contribution < 1.29 is 17.9 Å². The highest BCUT2D eigenvalue weighted by Crippen LogP contribution is 2.26. The van der Waals surface area contributed by atoms with Crippen LogP contribution in [-0.2, 0) is 19.6 Å². The first kappa shape index (κ1) is 22.1. The van der Waals surface area contributed by atoms with Gasteiger partial charge in [0, 0.05) is 45.0 Å². The highest BCUT2D eigenvalue weighted by atomic mass is 35.5. The third-order valence-electron chi connectivity index (χ3n) is 4.57. The Labute approximate surface area is 166 Å². The number of piperidine rings is 1. The predicted octanol–water partition coefficient (Wildman–Crippen LogP) is 2.46. The van der Waals surface area contributed by atoms with Gasteiger partial charge >= 0.3 is 0 Å². The van der Waals surface area contributed by atoms with Gasteiger partial charge in [0.1, 0.15) is 10.0 Å². The van der Waals surface area contributed by atoms with Crippen molar-refractivity contribution in [1.29, 1.82) is 0 Å². The molecule has 1 N–H and O–H groups in total. The molecular formula is C18H28ClN3O4S. The van der Waals surface area contributed by atoms with Crippen LogP contribution in [0.25, 0.3) is 0 Å². The van der Waals surface area contributed by atoms with Crippen LogP contribution in [0.1, 0.15) is 39.0 Å². The van der Waals surface area contributed by atoms with Gasteiger partial charge in [-0.2, -0.15) is 4.31 Å². The van der Waals surface area contributed by atoms with Crippen molar-refractivity contribution in [2.75, 3.05) is 32.8 Å². The van der Waals surface area contributed by atoms with E-state index in [0.717, 1.165) is 25.9 Å². The second kappa shape index (κ2) is 10.9. The van der Waals surface area contributed by atoms with Crippen LogP contribution in [0.4, 0.5) is 0 Å². The number of aromatic nitrogens is 1. The second-order valence-corrected chi connectivity index (χ2v) is 8.85. The lowest BCUT2D eigenvalue weighted by atomic mass is 9.97. The lowest BCUT2D eigenvalue weighted by Gasteiger charge is -2.30. The molecule has 27 heavy (non-hydrogen) atoms. The number of carbonyl (C=O) groups is 1. The lowest BCUT2D eigenvalue weighted by Crippen LogP contribution is -2.43. The van der Waals surface area contributed by atoms with E-state index in [1.54, 1.807) is 6.07 Å². The molecule has 0 unspecified atom stereocenters. The number of amides is 1. The molecular weight excluding hydrogens is 390 g/mol. The first-order chi connectivity index (χ1) is 13.0. The van der Waals surface area contributed by atoms with Gasteiger partial charge in [-0.25, -0.2) is 13.4 Å².